The summed E-state index contributed by atoms with van der Waals surface area (Å²) in [5.74, 6) is -0.535. The Morgan fingerprint density at radius 3 is 2.52 bits per heavy atom. The molecule has 138 valence electrons. The zero-order valence-corrected chi connectivity index (χ0v) is 15.8. The van der Waals surface area contributed by atoms with Crippen molar-refractivity contribution < 1.29 is 19.1 Å². The second-order valence-corrected chi connectivity index (χ2v) is 7.70. The Morgan fingerprint density at radius 2 is 1.96 bits per heavy atom. The van der Waals surface area contributed by atoms with Gasteiger partial charge in [-0.2, -0.15) is 0 Å². The summed E-state index contributed by atoms with van der Waals surface area (Å²) in [6, 6.07) is 3.70. The molecule has 0 bridgehead atoms. The van der Waals surface area contributed by atoms with Crippen LogP contribution in [0.2, 0.25) is 0 Å². The van der Waals surface area contributed by atoms with Crippen LogP contribution in [0, 0.1) is 11.8 Å². The second-order valence-electron chi connectivity index (χ2n) is 6.75. The van der Waals surface area contributed by atoms with Crippen molar-refractivity contribution in [3.05, 3.63) is 22.4 Å². The average Bonchev–Trinajstić information content (AvgIpc) is 3.13. The minimum absolute atomic E-state index is 0.0175. The van der Waals surface area contributed by atoms with Crippen LogP contribution in [-0.4, -0.2) is 48.4 Å². The van der Waals surface area contributed by atoms with Crippen LogP contribution < -0.4 is 5.32 Å². The lowest BCUT2D eigenvalue weighted by molar-refractivity contribution is -0.154. The SMILES string of the molecule is CC(C)[C@H](C)NC(=O)COC(=O)C1CCN(C(=O)c2cccs2)CC1. The highest BCUT2D eigenvalue weighted by Crippen LogP contribution is 2.21. The lowest BCUT2D eigenvalue weighted by Gasteiger charge is -2.30. The molecule has 2 heterocycles. The molecule has 1 aliphatic rings. The van der Waals surface area contributed by atoms with Gasteiger partial charge in [-0.25, -0.2) is 0 Å². The van der Waals surface area contributed by atoms with E-state index >= 15 is 0 Å². The molecule has 2 amide bonds. The lowest BCUT2D eigenvalue weighted by Crippen LogP contribution is -2.42. The van der Waals surface area contributed by atoms with E-state index in [0.717, 1.165) is 4.88 Å². The Kier molecular flexibility index (Phi) is 6.99. The molecule has 0 radical (unpaired) electrons. The highest BCUT2D eigenvalue weighted by molar-refractivity contribution is 7.12. The van der Waals surface area contributed by atoms with Crippen molar-refractivity contribution in [1.82, 2.24) is 10.2 Å². The molecule has 25 heavy (non-hydrogen) atoms. The molecule has 1 saturated heterocycles. The first-order valence-corrected chi connectivity index (χ1v) is 9.55. The highest BCUT2D eigenvalue weighted by Gasteiger charge is 2.29. The van der Waals surface area contributed by atoms with Crippen LogP contribution in [0.15, 0.2) is 17.5 Å². The molecule has 6 nitrogen and oxygen atoms in total. The second kappa shape index (κ2) is 8.99. The molecule has 1 aromatic rings. The van der Waals surface area contributed by atoms with E-state index in [9.17, 15) is 14.4 Å². The van der Waals surface area contributed by atoms with Crippen LogP contribution in [0.25, 0.3) is 0 Å². The summed E-state index contributed by atoms with van der Waals surface area (Å²) in [4.78, 5) is 38.7. The minimum Gasteiger partial charge on any atom is -0.455 e. The molecule has 0 unspecified atom stereocenters. The molecular formula is C18H26N2O4S. The standard InChI is InChI=1S/C18H26N2O4S/c1-12(2)13(3)19-16(21)11-24-18(23)14-6-8-20(9-7-14)17(22)15-5-4-10-25-15/h4-5,10,12-14H,6-9,11H2,1-3H3,(H,19,21)/t13-/m0/s1. The van der Waals surface area contributed by atoms with Gasteiger partial charge in [0.1, 0.15) is 0 Å². The fourth-order valence-electron chi connectivity index (χ4n) is 2.59. The number of rotatable bonds is 6. The molecule has 1 aliphatic heterocycles. The number of thiophene rings is 1. The van der Waals surface area contributed by atoms with Crippen molar-refractivity contribution in [2.24, 2.45) is 11.8 Å². The van der Waals surface area contributed by atoms with Gasteiger partial charge in [-0.3, -0.25) is 14.4 Å². The monoisotopic (exact) mass is 366 g/mol. The van der Waals surface area contributed by atoms with E-state index in [4.69, 9.17) is 4.74 Å². The van der Waals surface area contributed by atoms with E-state index < -0.39 is 0 Å². The van der Waals surface area contributed by atoms with Crippen LogP contribution in [0.3, 0.4) is 0 Å². The minimum atomic E-state index is -0.351. The van der Waals surface area contributed by atoms with Crippen LogP contribution >= 0.6 is 11.3 Å². The number of amides is 2. The Balaban J connectivity index is 1.72. The van der Waals surface area contributed by atoms with Crippen molar-refractivity contribution in [1.29, 1.82) is 0 Å². The molecule has 1 N–H and O–H groups in total. The number of nitrogens with zero attached hydrogens (tertiary/aromatic N) is 1. The Hall–Kier alpha value is -1.89. The number of carbonyl (C=O) groups is 3. The van der Waals surface area contributed by atoms with E-state index in [1.165, 1.54) is 11.3 Å². The third kappa shape index (κ3) is 5.56. The van der Waals surface area contributed by atoms with E-state index in [1.54, 1.807) is 4.90 Å². The summed E-state index contributed by atoms with van der Waals surface area (Å²) in [6.45, 7) is 6.78. The first-order chi connectivity index (χ1) is 11.9. The number of ether oxygens (including phenoxy) is 1. The summed E-state index contributed by atoms with van der Waals surface area (Å²) in [5, 5.41) is 4.68. The van der Waals surface area contributed by atoms with Crippen molar-refractivity contribution in [3.8, 4) is 0 Å². The Bertz CT molecular complexity index is 592. The van der Waals surface area contributed by atoms with Gasteiger partial charge in [0.2, 0.25) is 0 Å². The summed E-state index contributed by atoms with van der Waals surface area (Å²) in [5.41, 5.74) is 0. The molecule has 2 rings (SSSR count). The molecule has 0 aliphatic carbocycles. The Labute approximate surface area is 152 Å². The van der Waals surface area contributed by atoms with E-state index in [-0.39, 0.29) is 36.4 Å². The molecule has 0 spiro atoms. The van der Waals surface area contributed by atoms with Gasteiger partial charge in [0.05, 0.1) is 10.8 Å². The van der Waals surface area contributed by atoms with Crippen molar-refractivity contribution >= 4 is 29.1 Å². The largest absolute Gasteiger partial charge is 0.455 e. The third-order valence-electron chi connectivity index (χ3n) is 4.58. The van der Waals surface area contributed by atoms with Gasteiger partial charge in [-0.1, -0.05) is 19.9 Å². The number of hydrogen-bond acceptors (Lipinski definition) is 5. The number of hydrogen-bond donors (Lipinski definition) is 1. The van der Waals surface area contributed by atoms with E-state index in [2.05, 4.69) is 5.32 Å². The first kappa shape index (κ1) is 19.4. The maximum atomic E-state index is 12.3. The summed E-state index contributed by atoms with van der Waals surface area (Å²) < 4.78 is 5.14. The molecule has 1 atom stereocenters. The first-order valence-electron chi connectivity index (χ1n) is 8.67. The van der Waals surface area contributed by atoms with Gasteiger partial charge in [-0.15, -0.1) is 11.3 Å². The van der Waals surface area contributed by atoms with Crippen LogP contribution in [0.1, 0.15) is 43.3 Å². The van der Waals surface area contributed by atoms with Gasteiger partial charge >= 0.3 is 5.97 Å². The number of carbonyl (C=O) groups excluding carboxylic acids is 3. The predicted molar refractivity (Wildman–Crippen MR) is 96.3 cm³/mol. The summed E-state index contributed by atoms with van der Waals surface area (Å²) >= 11 is 1.42. The highest BCUT2D eigenvalue weighted by atomic mass is 32.1. The zero-order chi connectivity index (χ0) is 18.4. The summed E-state index contributed by atoms with van der Waals surface area (Å²) in [7, 11) is 0. The number of piperidine rings is 1. The molecule has 7 heteroatoms. The molecule has 0 aromatic carbocycles. The number of likely N-dealkylation sites (tertiary alicyclic amines) is 1. The fourth-order valence-corrected chi connectivity index (χ4v) is 3.28. The quantitative estimate of drug-likeness (QED) is 0.784. The van der Waals surface area contributed by atoms with Gasteiger partial charge in [0.15, 0.2) is 6.61 Å². The van der Waals surface area contributed by atoms with Crippen LogP contribution in [0.5, 0.6) is 0 Å². The molecule has 0 saturated carbocycles. The fraction of sp³-hybridized carbons (Fsp3) is 0.611. The molecular weight excluding hydrogens is 340 g/mol. The third-order valence-corrected chi connectivity index (χ3v) is 5.44. The summed E-state index contributed by atoms with van der Waals surface area (Å²) in [6.07, 6.45) is 1.14. The average molecular weight is 366 g/mol. The van der Waals surface area contributed by atoms with Crippen LogP contribution in [0.4, 0.5) is 0 Å². The predicted octanol–water partition coefficient (Wildman–Crippen LogP) is 2.30. The van der Waals surface area contributed by atoms with Gasteiger partial charge in [0, 0.05) is 19.1 Å². The maximum absolute atomic E-state index is 12.3. The normalized spacial score (nSPS) is 16.6. The van der Waals surface area contributed by atoms with Gasteiger partial charge in [-0.05, 0) is 37.1 Å². The smallest absolute Gasteiger partial charge is 0.309 e. The molecule has 1 aromatic heterocycles. The zero-order valence-electron chi connectivity index (χ0n) is 15.0. The number of esters is 1. The topological polar surface area (TPSA) is 75.7 Å². The molecule has 1 fully saturated rings. The van der Waals surface area contributed by atoms with Crippen molar-refractivity contribution in [3.63, 3.8) is 0 Å². The van der Waals surface area contributed by atoms with Crippen molar-refractivity contribution in [2.45, 2.75) is 39.7 Å². The Morgan fingerprint density at radius 1 is 1.28 bits per heavy atom. The number of nitrogens with one attached hydrogen (secondary N) is 1. The maximum Gasteiger partial charge on any atom is 0.309 e. The lowest BCUT2D eigenvalue weighted by atomic mass is 9.97. The van der Waals surface area contributed by atoms with E-state index in [0.29, 0.717) is 31.8 Å². The van der Waals surface area contributed by atoms with Crippen molar-refractivity contribution in [2.75, 3.05) is 19.7 Å². The van der Waals surface area contributed by atoms with Gasteiger partial charge in [0.25, 0.3) is 11.8 Å². The van der Waals surface area contributed by atoms with Crippen LogP contribution in [-0.2, 0) is 14.3 Å². The van der Waals surface area contributed by atoms with E-state index in [1.807, 2.05) is 38.3 Å². The van der Waals surface area contributed by atoms with Gasteiger partial charge < -0.3 is 15.0 Å².